The van der Waals surface area contributed by atoms with Crippen molar-refractivity contribution in [3.63, 3.8) is 0 Å². The van der Waals surface area contributed by atoms with E-state index in [0.29, 0.717) is 24.7 Å². The number of halogens is 1. The van der Waals surface area contributed by atoms with Gasteiger partial charge in [-0.15, -0.1) is 0 Å². The molecule has 0 spiro atoms. The molecule has 21 heavy (non-hydrogen) atoms. The van der Waals surface area contributed by atoms with E-state index in [1.165, 1.54) is 6.20 Å². The molecule has 2 aromatic rings. The van der Waals surface area contributed by atoms with E-state index in [2.05, 4.69) is 9.71 Å². The molecule has 0 saturated carbocycles. The molecule has 9 heteroatoms. The van der Waals surface area contributed by atoms with Crippen LogP contribution in [0.1, 0.15) is 0 Å². The summed E-state index contributed by atoms with van der Waals surface area (Å²) in [5.41, 5.74) is 0.429. The fourth-order valence-electron chi connectivity index (χ4n) is 1.43. The van der Waals surface area contributed by atoms with Gasteiger partial charge in [0.25, 0.3) is 10.0 Å². The fourth-order valence-corrected chi connectivity index (χ4v) is 3.78. The molecule has 6 nitrogen and oxygen atoms in total. The van der Waals surface area contributed by atoms with Gasteiger partial charge in [0.15, 0.2) is 8.68 Å². The number of sulfonamides is 1. The molecule has 1 aromatic carbocycles. The molecule has 0 amide bonds. The normalized spacial score (nSPS) is 11.3. The van der Waals surface area contributed by atoms with Crippen molar-refractivity contribution in [1.29, 1.82) is 0 Å². The molecule has 0 bridgehead atoms. The number of methoxy groups -OCH3 is 1. The summed E-state index contributed by atoms with van der Waals surface area (Å²) in [4.78, 5) is 3.71. The van der Waals surface area contributed by atoms with Crippen molar-refractivity contribution in [2.45, 2.75) is 4.21 Å². The van der Waals surface area contributed by atoms with Gasteiger partial charge >= 0.3 is 0 Å². The minimum absolute atomic E-state index is 0.0629. The average Bonchev–Trinajstić information content (AvgIpc) is 2.88. The van der Waals surface area contributed by atoms with Crippen molar-refractivity contribution in [1.82, 2.24) is 4.98 Å². The van der Waals surface area contributed by atoms with Crippen LogP contribution in [0.4, 0.5) is 5.69 Å². The number of ether oxygens (including phenoxy) is 2. The van der Waals surface area contributed by atoms with Crippen molar-refractivity contribution in [3.05, 3.63) is 34.9 Å². The standard InChI is InChI=1S/C12H13ClN2O4S2/c1-18-6-7-19-10-4-2-9(3-5-10)15-21(16,17)11-8-14-12(13)20-11/h2-5,8,15H,6-7H2,1H3. The Morgan fingerprint density at radius 1 is 1.29 bits per heavy atom. The molecule has 0 saturated heterocycles. The van der Waals surface area contributed by atoms with Crippen LogP contribution in [0.15, 0.2) is 34.7 Å². The Kier molecular flexibility index (Phi) is 5.40. The van der Waals surface area contributed by atoms with Gasteiger partial charge in [-0.2, -0.15) is 0 Å². The van der Waals surface area contributed by atoms with E-state index >= 15 is 0 Å². The molecule has 0 fully saturated rings. The van der Waals surface area contributed by atoms with Crippen LogP contribution >= 0.6 is 22.9 Å². The second-order valence-electron chi connectivity index (χ2n) is 3.90. The van der Waals surface area contributed by atoms with Crippen LogP contribution in [0.5, 0.6) is 5.75 Å². The van der Waals surface area contributed by atoms with Gasteiger partial charge in [0.2, 0.25) is 0 Å². The Labute approximate surface area is 131 Å². The van der Waals surface area contributed by atoms with Crippen LogP contribution in [0.25, 0.3) is 0 Å². The van der Waals surface area contributed by atoms with Crippen LogP contribution in [0.2, 0.25) is 4.47 Å². The summed E-state index contributed by atoms with van der Waals surface area (Å²) >= 11 is 6.54. The molecule has 0 radical (unpaired) electrons. The lowest BCUT2D eigenvalue weighted by molar-refractivity contribution is 0.146. The highest BCUT2D eigenvalue weighted by Crippen LogP contribution is 2.25. The lowest BCUT2D eigenvalue weighted by Crippen LogP contribution is -2.11. The van der Waals surface area contributed by atoms with Crippen LogP contribution in [0, 0.1) is 0 Å². The van der Waals surface area contributed by atoms with Crippen LogP contribution in [-0.4, -0.2) is 33.7 Å². The number of nitrogens with zero attached hydrogens (tertiary/aromatic N) is 1. The molecule has 1 heterocycles. The number of hydrogen-bond acceptors (Lipinski definition) is 6. The maximum absolute atomic E-state index is 12.1. The van der Waals surface area contributed by atoms with E-state index < -0.39 is 10.0 Å². The molecule has 1 aromatic heterocycles. The minimum atomic E-state index is -3.67. The summed E-state index contributed by atoms with van der Waals surface area (Å²) in [5.74, 6) is 0.635. The average molecular weight is 349 g/mol. The zero-order valence-corrected chi connectivity index (χ0v) is 13.5. The molecule has 0 atom stereocenters. The number of rotatable bonds is 7. The lowest BCUT2D eigenvalue weighted by Gasteiger charge is -2.08. The van der Waals surface area contributed by atoms with Crippen molar-refractivity contribution in [2.24, 2.45) is 0 Å². The Balaban J connectivity index is 2.03. The van der Waals surface area contributed by atoms with Crippen molar-refractivity contribution < 1.29 is 17.9 Å². The summed E-state index contributed by atoms with van der Waals surface area (Å²) in [5, 5.41) is 0. The monoisotopic (exact) mass is 348 g/mol. The zero-order chi connectivity index (χ0) is 15.3. The molecule has 0 aliphatic rings. The summed E-state index contributed by atoms with van der Waals surface area (Å²) in [6.07, 6.45) is 1.22. The molecule has 0 unspecified atom stereocenters. The molecular formula is C12H13ClN2O4S2. The van der Waals surface area contributed by atoms with Gasteiger partial charge < -0.3 is 9.47 Å². The Hall–Kier alpha value is -1.35. The first-order valence-electron chi connectivity index (χ1n) is 5.87. The van der Waals surface area contributed by atoms with Gasteiger partial charge in [-0.05, 0) is 24.3 Å². The first-order valence-corrected chi connectivity index (χ1v) is 8.55. The maximum atomic E-state index is 12.1. The lowest BCUT2D eigenvalue weighted by atomic mass is 10.3. The molecular weight excluding hydrogens is 336 g/mol. The fraction of sp³-hybridized carbons (Fsp3) is 0.250. The quantitative estimate of drug-likeness (QED) is 0.778. The topological polar surface area (TPSA) is 77.5 Å². The predicted octanol–water partition coefficient (Wildman–Crippen LogP) is 2.62. The van der Waals surface area contributed by atoms with E-state index in [9.17, 15) is 8.42 Å². The smallest absolute Gasteiger partial charge is 0.273 e. The summed E-state index contributed by atoms with van der Waals surface area (Å²) in [6.45, 7) is 0.918. The summed E-state index contributed by atoms with van der Waals surface area (Å²) in [7, 11) is -2.08. The van der Waals surface area contributed by atoms with Gasteiger partial charge in [0.1, 0.15) is 12.4 Å². The number of benzene rings is 1. The minimum Gasteiger partial charge on any atom is -0.491 e. The molecule has 0 aliphatic carbocycles. The molecule has 1 N–H and O–H groups in total. The predicted molar refractivity (Wildman–Crippen MR) is 81.7 cm³/mol. The Morgan fingerprint density at radius 3 is 2.57 bits per heavy atom. The van der Waals surface area contributed by atoms with Gasteiger partial charge in [-0.25, -0.2) is 13.4 Å². The van der Waals surface area contributed by atoms with E-state index in [0.717, 1.165) is 11.3 Å². The van der Waals surface area contributed by atoms with E-state index in [4.69, 9.17) is 21.1 Å². The second kappa shape index (κ2) is 7.08. The van der Waals surface area contributed by atoms with Gasteiger partial charge in [0, 0.05) is 12.8 Å². The third-order valence-corrected chi connectivity index (χ3v) is 5.34. The highest BCUT2D eigenvalue weighted by molar-refractivity contribution is 7.94. The highest BCUT2D eigenvalue weighted by Gasteiger charge is 2.17. The van der Waals surface area contributed by atoms with Crippen molar-refractivity contribution >= 4 is 38.6 Å². The Bertz CT molecular complexity index is 686. The Morgan fingerprint density at radius 2 is 2.00 bits per heavy atom. The largest absolute Gasteiger partial charge is 0.491 e. The summed E-state index contributed by atoms with van der Waals surface area (Å²) < 4.78 is 37.1. The van der Waals surface area contributed by atoms with Crippen LogP contribution in [0.3, 0.4) is 0 Å². The van der Waals surface area contributed by atoms with Crippen molar-refractivity contribution in [2.75, 3.05) is 25.0 Å². The zero-order valence-electron chi connectivity index (χ0n) is 11.1. The SMILES string of the molecule is COCCOc1ccc(NS(=O)(=O)c2cnc(Cl)s2)cc1. The third-order valence-electron chi connectivity index (χ3n) is 2.38. The number of nitrogens with one attached hydrogen (secondary N) is 1. The van der Waals surface area contributed by atoms with Crippen LogP contribution < -0.4 is 9.46 Å². The molecule has 114 valence electrons. The van der Waals surface area contributed by atoms with E-state index in [-0.39, 0.29) is 8.68 Å². The molecule has 0 aliphatic heterocycles. The second-order valence-corrected chi connectivity index (χ2v) is 7.43. The van der Waals surface area contributed by atoms with Gasteiger partial charge in [0.05, 0.1) is 12.8 Å². The first kappa shape index (κ1) is 16.0. The maximum Gasteiger partial charge on any atom is 0.273 e. The molecule has 2 rings (SSSR count). The van der Waals surface area contributed by atoms with E-state index in [1.807, 2.05) is 0 Å². The van der Waals surface area contributed by atoms with Crippen molar-refractivity contribution in [3.8, 4) is 5.75 Å². The number of thiazole rings is 1. The number of aromatic nitrogens is 1. The summed E-state index contributed by atoms with van der Waals surface area (Å²) in [6, 6.07) is 6.57. The van der Waals surface area contributed by atoms with Crippen LogP contribution in [-0.2, 0) is 14.8 Å². The third kappa shape index (κ3) is 4.57. The van der Waals surface area contributed by atoms with Gasteiger partial charge in [-0.1, -0.05) is 22.9 Å². The number of hydrogen-bond donors (Lipinski definition) is 1. The van der Waals surface area contributed by atoms with Gasteiger partial charge in [-0.3, -0.25) is 4.72 Å². The van der Waals surface area contributed by atoms with E-state index in [1.54, 1.807) is 31.4 Å². The highest BCUT2D eigenvalue weighted by atomic mass is 35.5. The number of anilines is 1. The first-order chi connectivity index (χ1) is 10.0.